The number of fused-ring (bicyclic) bond motifs is 2. The molecule has 1 N–H and O–H groups in total. The minimum Gasteiger partial charge on any atom is -0.493 e. The number of methoxy groups -OCH3 is 1. The zero-order chi connectivity index (χ0) is 17.2. The lowest BCUT2D eigenvalue weighted by atomic mass is 10.1. The molecule has 0 aliphatic carbocycles. The van der Waals surface area contributed by atoms with E-state index < -0.39 is 0 Å². The third-order valence-electron chi connectivity index (χ3n) is 4.09. The van der Waals surface area contributed by atoms with E-state index in [0.29, 0.717) is 18.1 Å². The van der Waals surface area contributed by atoms with Crippen molar-refractivity contribution >= 4 is 21.9 Å². The van der Waals surface area contributed by atoms with E-state index >= 15 is 0 Å². The number of ether oxygens (including phenoxy) is 2. The fourth-order valence-electron chi connectivity index (χ4n) is 2.85. The molecule has 0 aliphatic rings. The second kappa shape index (κ2) is 6.43. The average molecular weight is 333 g/mol. The second-order valence-electron chi connectivity index (χ2n) is 5.85. The number of benzene rings is 2. The van der Waals surface area contributed by atoms with Crippen LogP contribution in [0.5, 0.6) is 11.6 Å². The molecule has 0 spiro atoms. The normalized spacial score (nSPS) is 11.1. The van der Waals surface area contributed by atoms with Gasteiger partial charge in [-0.15, -0.1) is 0 Å². The number of hydrogen-bond acceptors (Lipinski definition) is 4. The monoisotopic (exact) mass is 333 g/mol. The molecule has 5 heteroatoms. The Labute approximate surface area is 145 Å². The third kappa shape index (κ3) is 2.89. The van der Waals surface area contributed by atoms with E-state index in [1.54, 1.807) is 7.11 Å². The summed E-state index contributed by atoms with van der Waals surface area (Å²) in [5.41, 5.74) is 2.43. The highest BCUT2D eigenvalue weighted by Gasteiger charge is 2.14. The van der Waals surface area contributed by atoms with Crippen LogP contribution in [0.1, 0.15) is 13.3 Å². The number of hydrogen-bond donors (Lipinski definition) is 1. The molecule has 2 heterocycles. The molecular formula is C20H19N3O2. The molecule has 0 saturated heterocycles. The van der Waals surface area contributed by atoms with E-state index in [9.17, 15) is 0 Å². The summed E-state index contributed by atoms with van der Waals surface area (Å²) in [4.78, 5) is 12.4. The van der Waals surface area contributed by atoms with Gasteiger partial charge in [0.15, 0.2) is 5.65 Å². The van der Waals surface area contributed by atoms with Gasteiger partial charge in [0.2, 0.25) is 5.88 Å². The molecule has 0 atom stereocenters. The van der Waals surface area contributed by atoms with Crippen molar-refractivity contribution in [3.8, 4) is 23.0 Å². The predicted molar refractivity (Wildman–Crippen MR) is 99.2 cm³/mol. The maximum Gasteiger partial charge on any atom is 0.215 e. The lowest BCUT2D eigenvalue weighted by molar-refractivity contribution is 0.319. The van der Waals surface area contributed by atoms with Gasteiger partial charge in [-0.05, 0) is 35.4 Å². The van der Waals surface area contributed by atoms with Crippen LogP contribution >= 0.6 is 0 Å². The van der Waals surface area contributed by atoms with Crippen molar-refractivity contribution in [2.45, 2.75) is 13.3 Å². The van der Waals surface area contributed by atoms with Crippen LogP contribution in [0.3, 0.4) is 0 Å². The number of rotatable bonds is 5. The van der Waals surface area contributed by atoms with E-state index in [-0.39, 0.29) is 0 Å². The molecule has 0 aliphatic heterocycles. The Morgan fingerprint density at radius 1 is 1.00 bits per heavy atom. The number of nitrogens with one attached hydrogen (secondary N) is 1. The molecule has 2 aromatic carbocycles. The van der Waals surface area contributed by atoms with Crippen LogP contribution in [0.25, 0.3) is 33.3 Å². The van der Waals surface area contributed by atoms with Gasteiger partial charge in [-0.2, -0.15) is 4.98 Å². The van der Waals surface area contributed by atoms with Gasteiger partial charge in [0, 0.05) is 6.07 Å². The summed E-state index contributed by atoms with van der Waals surface area (Å²) in [5, 5.41) is 2.29. The van der Waals surface area contributed by atoms with Crippen molar-refractivity contribution in [2.75, 3.05) is 13.7 Å². The van der Waals surface area contributed by atoms with Crippen LogP contribution in [0.4, 0.5) is 0 Å². The van der Waals surface area contributed by atoms with Gasteiger partial charge in [0.05, 0.1) is 24.8 Å². The minimum absolute atomic E-state index is 0.548. The maximum atomic E-state index is 5.98. The Kier molecular flexibility index (Phi) is 3.98. The summed E-state index contributed by atoms with van der Waals surface area (Å²) in [6.45, 7) is 2.76. The highest BCUT2D eigenvalue weighted by atomic mass is 16.5. The first-order chi connectivity index (χ1) is 12.3. The number of pyridine rings is 1. The van der Waals surface area contributed by atoms with Crippen molar-refractivity contribution < 1.29 is 9.47 Å². The van der Waals surface area contributed by atoms with Gasteiger partial charge in [0.1, 0.15) is 11.6 Å². The SMILES string of the molecule is CCCOc1cc2ccccc2cc1-c1nc2nc(OC)ccc2[nH]1. The molecule has 5 nitrogen and oxygen atoms in total. The van der Waals surface area contributed by atoms with Crippen LogP contribution < -0.4 is 9.47 Å². The summed E-state index contributed by atoms with van der Waals surface area (Å²) in [7, 11) is 1.60. The smallest absolute Gasteiger partial charge is 0.215 e. The van der Waals surface area contributed by atoms with E-state index in [2.05, 4.69) is 46.1 Å². The van der Waals surface area contributed by atoms with Gasteiger partial charge in [-0.3, -0.25) is 0 Å². The van der Waals surface area contributed by atoms with Gasteiger partial charge in [0.25, 0.3) is 0 Å². The van der Waals surface area contributed by atoms with Crippen LogP contribution in [-0.4, -0.2) is 28.7 Å². The lowest BCUT2D eigenvalue weighted by Crippen LogP contribution is -1.98. The molecule has 0 radical (unpaired) electrons. The first kappa shape index (κ1) is 15.4. The van der Waals surface area contributed by atoms with E-state index in [1.165, 1.54) is 0 Å². The quantitative estimate of drug-likeness (QED) is 0.581. The van der Waals surface area contributed by atoms with Crippen LogP contribution in [0.15, 0.2) is 48.5 Å². The molecule has 0 bridgehead atoms. The zero-order valence-electron chi connectivity index (χ0n) is 14.2. The highest BCUT2D eigenvalue weighted by Crippen LogP contribution is 2.34. The maximum absolute atomic E-state index is 5.98. The number of aromatic amines is 1. The zero-order valence-corrected chi connectivity index (χ0v) is 14.2. The molecule has 2 aromatic heterocycles. The number of nitrogens with zero attached hydrogens (tertiary/aromatic N) is 2. The summed E-state index contributed by atoms with van der Waals surface area (Å²) < 4.78 is 11.2. The predicted octanol–water partition coefficient (Wildman–Crippen LogP) is 4.58. The first-order valence-electron chi connectivity index (χ1n) is 8.35. The molecule has 25 heavy (non-hydrogen) atoms. The fourth-order valence-corrected chi connectivity index (χ4v) is 2.85. The van der Waals surface area contributed by atoms with Crippen molar-refractivity contribution in [1.82, 2.24) is 15.0 Å². The molecule has 0 saturated carbocycles. The van der Waals surface area contributed by atoms with Gasteiger partial charge in [-0.25, -0.2) is 4.98 Å². The largest absolute Gasteiger partial charge is 0.493 e. The molecule has 4 rings (SSSR count). The summed E-state index contributed by atoms with van der Waals surface area (Å²) in [5.74, 6) is 2.12. The van der Waals surface area contributed by atoms with Crippen LogP contribution in [0.2, 0.25) is 0 Å². The third-order valence-corrected chi connectivity index (χ3v) is 4.09. The number of H-pyrrole nitrogens is 1. The molecule has 0 amide bonds. The Bertz CT molecular complexity index is 1040. The van der Waals surface area contributed by atoms with Crippen molar-refractivity contribution in [2.24, 2.45) is 0 Å². The fraction of sp³-hybridized carbons (Fsp3) is 0.200. The Morgan fingerprint density at radius 3 is 2.56 bits per heavy atom. The van der Waals surface area contributed by atoms with E-state index in [1.807, 2.05) is 24.3 Å². The molecule has 126 valence electrons. The number of aromatic nitrogens is 3. The average Bonchev–Trinajstić information content (AvgIpc) is 3.08. The summed E-state index contributed by atoms with van der Waals surface area (Å²) in [6, 6.07) is 16.2. The highest BCUT2D eigenvalue weighted by molar-refractivity contribution is 5.90. The van der Waals surface area contributed by atoms with Gasteiger partial charge in [-0.1, -0.05) is 31.2 Å². The standard InChI is InChI=1S/C20H19N3O2/c1-3-10-25-17-12-14-7-5-4-6-13(14)11-15(17)19-21-16-8-9-18(24-2)22-20(16)23-19/h4-9,11-12H,3,10H2,1-2H3,(H,21,22,23). The van der Waals surface area contributed by atoms with Gasteiger partial charge < -0.3 is 14.5 Å². The Morgan fingerprint density at radius 2 is 1.80 bits per heavy atom. The second-order valence-corrected chi connectivity index (χ2v) is 5.85. The van der Waals surface area contributed by atoms with Crippen molar-refractivity contribution in [3.05, 3.63) is 48.5 Å². The van der Waals surface area contributed by atoms with E-state index in [0.717, 1.165) is 39.8 Å². The first-order valence-corrected chi connectivity index (χ1v) is 8.35. The van der Waals surface area contributed by atoms with Crippen LogP contribution in [0, 0.1) is 0 Å². The van der Waals surface area contributed by atoms with Gasteiger partial charge >= 0.3 is 0 Å². The lowest BCUT2D eigenvalue weighted by Gasteiger charge is -2.11. The van der Waals surface area contributed by atoms with Crippen LogP contribution in [-0.2, 0) is 0 Å². The molecule has 4 aromatic rings. The molecule has 0 unspecified atom stereocenters. The topological polar surface area (TPSA) is 60.0 Å². The Balaban J connectivity index is 1.88. The summed E-state index contributed by atoms with van der Waals surface area (Å²) in [6.07, 6.45) is 0.950. The minimum atomic E-state index is 0.548. The molecular weight excluding hydrogens is 314 g/mol. The van der Waals surface area contributed by atoms with Crippen molar-refractivity contribution in [1.29, 1.82) is 0 Å². The Hall–Kier alpha value is -3.08. The van der Waals surface area contributed by atoms with E-state index in [4.69, 9.17) is 9.47 Å². The summed E-state index contributed by atoms with van der Waals surface area (Å²) >= 11 is 0. The van der Waals surface area contributed by atoms with Crippen molar-refractivity contribution in [3.63, 3.8) is 0 Å². The molecule has 0 fully saturated rings. The number of imidazole rings is 1.